The summed E-state index contributed by atoms with van der Waals surface area (Å²) >= 11 is 0. The number of benzene rings is 1. The molecule has 2 aromatic rings. The van der Waals surface area contributed by atoms with Gasteiger partial charge in [0.1, 0.15) is 5.75 Å². The highest BCUT2D eigenvalue weighted by Crippen LogP contribution is 2.28. The molecule has 8 heteroatoms. The fraction of sp³-hybridized carbons (Fsp3) is 0.471. The molecule has 0 saturated carbocycles. The second-order valence-electron chi connectivity index (χ2n) is 5.82. The Bertz CT molecular complexity index is 688. The average molecular weight is 345 g/mol. The molecule has 1 aliphatic heterocycles. The summed E-state index contributed by atoms with van der Waals surface area (Å²) in [4.78, 5) is 17.2. The maximum Gasteiger partial charge on any atom is 0.324 e. The van der Waals surface area contributed by atoms with Gasteiger partial charge in [-0.05, 0) is 24.7 Å². The van der Waals surface area contributed by atoms with Gasteiger partial charge in [-0.1, -0.05) is 12.1 Å². The molecule has 1 aromatic heterocycles. The van der Waals surface area contributed by atoms with E-state index in [0.717, 1.165) is 25.4 Å². The first-order valence-electron chi connectivity index (χ1n) is 8.07. The van der Waals surface area contributed by atoms with Crippen LogP contribution in [0, 0.1) is 0 Å². The normalized spacial score (nSPS) is 18.1. The Kier molecular flexibility index (Phi) is 5.18. The predicted octanol–water partition coefficient (Wildman–Crippen LogP) is 1.39. The van der Waals surface area contributed by atoms with Gasteiger partial charge in [0.2, 0.25) is 5.95 Å². The number of rotatable bonds is 5. The monoisotopic (exact) mass is 345 g/mol. The van der Waals surface area contributed by atoms with E-state index in [0.29, 0.717) is 5.95 Å². The summed E-state index contributed by atoms with van der Waals surface area (Å²) in [6, 6.07) is 8.89. The number of hydrogen-bond donors (Lipinski definition) is 0. The molecule has 1 atom stereocenters. The Morgan fingerprint density at radius 3 is 2.08 bits per heavy atom. The molecular formula is C17H23N5O3. The predicted molar refractivity (Wildman–Crippen MR) is 93.5 cm³/mol. The van der Waals surface area contributed by atoms with Crippen LogP contribution in [0.25, 0.3) is 0 Å². The van der Waals surface area contributed by atoms with Gasteiger partial charge >= 0.3 is 12.0 Å². The van der Waals surface area contributed by atoms with E-state index in [-0.39, 0.29) is 18.1 Å². The van der Waals surface area contributed by atoms with Crippen LogP contribution < -0.4 is 19.1 Å². The molecule has 0 bridgehead atoms. The van der Waals surface area contributed by atoms with Gasteiger partial charge in [-0.2, -0.15) is 9.97 Å². The van der Waals surface area contributed by atoms with E-state index >= 15 is 0 Å². The van der Waals surface area contributed by atoms with Crippen LogP contribution in [-0.2, 0) is 0 Å². The van der Waals surface area contributed by atoms with E-state index in [4.69, 9.17) is 14.2 Å². The second-order valence-corrected chi connectivity index (χ2v) is 5.82. The summed E-state index contributed by atoms with van der Waals surface area (Å²) in [5.74, 6) is 1.42. The Morgan fingerprint density at radius 2 is 1.52 bits per heavy atom. The highest BCUT2D eigenvalue weighted by molar-refractivity contribution is 5.36. The Balaban J connectivity index is 1.84. The van der Waals surface area contributed by atoms with Gasteiger partial charge < -0.3 is 19.1 Å². The van der Waals surface area contributed by atoms with Gasteiger partial charge in [-0.15, -0.1) is 4.98 Å². The van der Waals surface area contributed by atoms with Crippen molar-refractivity contribution in [2.45, 2.75) is 6.04 Å². The zero-order valence-electron chi connectivity index (χ0n) is 15.0. The topological polar surface area (TPSA) is 72.8 Å². The Labute approximate surface area is 147 Å². The van der Waals surface area contributed by atoms with Gasteiger partial charge in [0.25, 0.3) is 0 Å². The van der Waals surface area contributed by atoms with E-state index in [2.05, 4.69) is 43.9 Å². The molecule has 0 radical (unpaired) electrons. The smallest absolute Gasteiger partial charge is 0.324 e. The van der Waals surface area contributed by atoms with Crippen LogP contribution in [-0.4, -0.2) is 67.9 Å². The van der Waals surface area contributed by atoms with Crippen LogP contribution in [0.3, 0.4) is 0 Å². The molecule has 134 valence electrons. The molecule has 0 unspecified atom stereocenters. The van der Waals surface area contributed by atoms with Crippen molar-refractivity contribution in [2.75, 3.05) is 52.9 Å². The molecule has 0 N–H and O–H groups in total. The summed E-state index contributed by atoms with van der Waals surface area (Å²) in [6.45, 7) is 2.48. The van der Waals surface area contributed by atoms with Crippen LogP contribution in [0.15, 0.2) is 24.3 Å². The van der Waals surface area contributed by atoms with Gasteiger partial charge in [-0.3, -0.25) is 4.90 Å². The first kappa shape index (κ1) is 17.2. The average Bonchev–Trinajstić information content (AvgIpc) is 2.68. The van der Waals surface area contributed by atoms with Crippen molar-refractivity contribution in [3.63, 3.8) is 0 Å². The van der Waals surface area contributed by atoms with Crippen molar-refractivity contribution in [1.82, 2.24) is 19.9 Å². The first-order chi connectivity index (χ1) is 12.1. The molecule has 1 aliphatic rings. The summed E-state index contributed by atoms with van der Waals surface area (Å²) in [5, 5.41) is 0. The molecule has 0 spiro atoms. The minimum Gasteiger partial charge on any atom is -0.497 e. The van der Waals surface area contributed by atoms with Crippen LogP contribution in [0.4, 0.5) is 5.95 Å². The van der Waals surface area contributed by atoms with Crippen molar-refractivity contribution >= 4 is 5.95 Å². The lowest BCUT2D eigenvalue weighted by molar-refractivity contribution is 0.219. The van der Waals surface area contributed by atoms with E-state index in [1.807, 2.05) is 12.1 Å². The van der Waals surface area contributed by atoms with Crippen molar-refractivity contribution in [3.05, 3.63) is 29.8 Å². The van der Waals surface area contributed by atoms with Crippen LogP contribution >= 0.6 is 0 Å². The van der Waals surface area contributed by atoms with E-state index in [9.17, 15) is 0 Å². The lowest BCUT2D eigenvalue weighted by Crippen LogP contribution is -2.47. The summed E-state index contributed by atoms with van der Waals surface area (Å²) in [6.07, 6.45) is 0. The first-order valence-corrected chi connectivity index (χ1v) is 8.07. The highest BCUT2D eigenvalue weighted by Gasteiger charge is 2.28. The number of piperazine rings is 1. The quantitative estimate of drug-likeness (QED) is 0.805. The van der Waals surface area contributed by atoms with E-state index in [1.165, 1.54) is 19.8 Å². The van der Waals surface area contributed by atoms with Gasteiger partial charge in [-0.25, -0.2) is 0 Å². The molecule has 0 amide bonds. The summed E-state index contributed by atoms with van der Waals surface area (Å²) in [7, 11) is 6.86. The molecule has 1 aromatic carbocycles. The van der Waals surface area contributed by atoms with Crippen molar-refractivity contribution < 1.29 is 14.2 Å². The maximum absolute atomic E-state index is 5.25. The molecule has 1 fully saturated rings. The molecule has 0 aliphatic carbocycles. The Morgan fingerprint density at radius 1 is 0.880 bits per heavy atom. The lowest BCUT2D eigenvalue weighted by atomic mass is 10.0. The lowest BCUT2D eigenvalue weighted by Gasteiger charge is -2.39. The molecule has 25 heavy (non-hydrogen) atoms. The van der Waals surface area contributed by atoms with E-state index in [1.54, 1.807) is 7.11 Å². The fourth-order valence-electron chi connectivity index (χ4n) is 2.89. The minimum atomic E-state index is 0.230. The number of nitrogens with zero attached hydrogens (tertiary/aromatic N) is 5. The minimum absolute atomic E-state index is 0.230. The third-order valence-electron chi connectivity index (χ3n) is 4.38. The molecule has 1 saturated heterocycles. The van der Waals surface area contributed by atoms with Gasteiger partial charge in [0.15, 0.2) is 0 Å². The Hall–Kier alpha value is -2.61. The zero-order valence-corrected chi connectivity index (χ0v) is 15.0. The third-order valence-corrected chi connectivity index (χ3v) is 4.38. The molecule has 3 rings (SSSR count). The number of methoxy groups -OCH3 is 3. The summed E-state index contributed by atoms with van der Waals surface area (Å²) < 4.78 is 15.6. The van der Waals surface area contributed by atoms with Crippen LogP contribution in [0.2, 0.25) is 0 Å². The number of hydrogen-bond acceptors (Lipinski definition) is 8. The largest absolute Gasteiger partial charge is 0.497 e. The van der Waals surface area contributed by atoms with Crippen molar-refractivity contribution in [3.8, 4) is 17.8 Å². The van der Waals surface area contributed by atoms with Crippen LogP contribution in [0.1, 0.15) is 11.6 Å². The van der Waals surface area contributed by atoms with Crippen molar-refractivity contribution in [1.29, 1.82) is 0 Å². The van der Waals surface area contributed by atoms with Crippen molar-refractivity contribution in [2.24, 2.45) is 0 Å². The fourth-order valence-corrected chi connectivity index (χ4v) is 2.89. The molecule has 8 nitrogen and oxygen atoms in total. The third kappa shape index (κ3) is 3.74. The SMILES string of the molecule is COc1ccc([C@@H]2CN(c3nc(OC)nc(OC)n3)CCN2C)cc1. The molecule has 2 heterocycles. The number of likely N-dealkylation sites (N-methyl/N-ethyl adjacent to an activating group) is 1. The number of aromatic nitrogens is 3. The standard InChI is InChI=1S/C17H23N5O3/c1-21-9-10-22(15-18-16(24-3)20-17(19-15)25-4)11-14(21)12-5-7-13(23-2)8-6-12/h5-8,14H,9-11H2,1-4H3/t14-/m0/s1. The number of ether oxygens (including phenoxy) is 3. The molecular weight excluding hydrogens is 322 g/mol. The highest BCUT2D eigenvalue weighted by atomic mass is 16.5. The van der Waals surface area contributed by atoms with Gasteiger partial charge in [0.05, 0.1) is 27.4 Å². The van der Waals surface area contributed by atoms with E-state index < -0.39 is 0 Å². The summed E-state index contributed by atoms with van der Waals surface area (Å²) in [5.41, 5.74) is 1.22. The van der Waals surface area contributed by atoms with Crippen LogP contribution in [0.5, 0.6) is 17.8 Å². The maximum atomic E-state index is 5.25. The second kappa shape index (κ2) is 7.52. The zero-order chi connectivity index (χ0) is 17.8. The van der Waals surface area contributed by atoms with Gasteiger partial charge in [0, 0.05) is 19.6 Å². The number of anilines is 1.